The average molecular weight is 300 g/mol. The van der Waals surface area contributed by atoms with Crippen LogP contribution in [-0.2, 0) is 0 Å². The molecule has 8 heteroatoms. The predicted molar refractivity (Wildman–Crippen MR) is 78.6 cm³/mol. The van der Waals surface area contributed by atoms with Crippen LogP contribution in [-0.4, -0.2) is 31.5 Å². The van der Waals surface area contributed by atoms with Crippen molar-refractivity contribution < 1.29 is 9.13 Å². The topological polar surface area (TPSA) is 99.7 Å². The van der Waals surface area contributed by atoms with Gasteiger partial charge < -0.3 is 10.5 Å². The van der Waals surface area contributed by atoms with Crippen molar-refractivity contribution >= 4 is 17.1 Å². The van der Waals surface area contributed by atoms with Crippen molar-refractivity contribution in [1.82, 2.24) is 24.9 Å². The van der Waals surface area contributed by atoms with Gasteiger partial charge in [0.15, 0.2) is 11.2 Å². The van der Waals surface area contributed by atoms with E-state index in [2.05, 4.69) is 24.9 Å². The van der Waals surface area contributed by atoms with E-state index in [1.165, 1.54) is 12.4 Å². The lowest BCUT2D eigenvalue weighted by Crippen LogP contribution is -2.04. The second-order valence-electron chi connectivity index (χ2n) is 4.58. The highest BCUT2D eigenvalue weighted by molar-refractivity contribution is 5.79. The minimum Gasteiger partial charge on any atom is -0.476 e. The van der Waals surface area contributed by atoms with Gasteiger partial charge in [-0.1, -0.05) is 0 Å². The third kappa shape index (κ3) is 2.50. The van der Waals surface area contributed by atoms with E-state index in [4.69, 9.17) is 10.5 Å². The molecule has 0 fully saturated rings. The molecular formula is C14H13FN6O. The third-order valence-electron chi connectivity index (χ3n) is 2.98. The van der Waals surface area contributed by atoms with Crippen molar-refractivity contribution in [1.29, 1.82) is 0 Å². The monoisotopic (exact) mass is 300 g/mol. The SMILES string of the molecule is CCOc1nc(N)nc2ncc(-c3cnc(F)c(C)c3)nc12. The first-order chi connectivity index (χ1) is 10.6. The summed E-state index contributed by atoms with van der Waals surface area (Å²) in [6.07, 6.45) is 2.93. The fraction of sp³-hybridized carbons (Fsp3) is 0.214. The Bertz CT molecular complexity index is 854. The van der Waals surface area contributed by atoms with Gasteiger partial charge >= 0.3 is 0 Å². The number of hydrogen-bond acceptors (Lipinski definition) is 7. The Morgan fingerprint density at radius 3 is 2.73 bits per heavy atom. The fourth-order valence-corrected chi connectivity index (χ4v) is 1.97. The Balaban J connectivity index is 2.17. The molecular weight excluding hydrogens is 287 g/mol. The zero-order valence-corrected chi connectivity index (χ0v) is 12.0. The van der Waals surface area contributed by atoms with Gasteiger partial charge in [-0.15, -0.1) is 0 Å². The molecule has 0 saturated heterocycles. The van der Waals surface area contributed by atoms with Crippen LogP contribution in [0.1, 0.15) is 12.5 Å². The number of nitrogens with two attached hydrogens (primary N) is 1. The molecule has 7 nitrogen and oxygen atoms in total. The highest BCUT2D eigenvalue weighted by Crippen LogP contribution is 2.24. The van der Waals surface area contributed by atoms with E-state index in [0.717, 1.165) is 0 Å². The number of anilines is 1. The molecule has 3 heterocycles. The van der Waals surface area contributed by atoms with E-state index < -0.39 is 5.95 Å². The van der Waals surface area contributed by atoms with Crippen LogP contribution in [0.25, 0.3) is 22.4 Å². The van der Waals surface area contributed by atoms with Crippen molar-refractivity contribution in [3.63, 3.8) is 0 Å². The molecule has 0 aliphatic heterocycles. The highest BCUT2D eigenvalue weighted by Gasteiger charge is 2.13. The average Bonchev–Trinajstić information content (AvgIpc) is 2.50. The first-order valence-electron chi connectivity index (χ1n) is 6.64. The molecule has 0 atom stereocenters. The Morgan fingerprint density at radius 1 is 1.18 bits per heavy atom. The second-order valence-corrected chi connectivity index (χ2v) is 4.58. The number of nitrogen functional groups attached to an aromatic ring is 1. The molecule has 0 aliphatic rings. The Kier molecular flexibility index (Phi) is 3.50. The highest BCUT2D eigenvalue weighted by atomic mass is 19.1. The summed E-state index contributed by atoms with van der Waals surface area (Å²) in [5.74, 6) is -0.174. The summed E-state index contributed by atoms with van der Waals surface area (Å²) in [6.45, 7) is 3.87. The van der Waals surface area contributed by atoms with Gasteiger partial charge in [0.25, 0.3) is 0 Å². The number of nitrogens with zero attached hydrogens (tertiary/aromatic N) is 5. The van der Waals surface area contributed by atoms with Crippen molar-refractivity contribution in [3.8, 4) is 17.1 Å². The van der Waals surface area contributed by atoms with E-state index in [0.29, 0.717) is 34.6 Å². The third-order valence-corrected chi connectivity index (χ3v) is 2.98. The van der Waals surface area contributed by atoms with Crippen molar-refractivity contribution in [3.05, 3.63) is 30.0 Å². The molecule has 0 aliphatic carbocycles. The van der Waals surface area contributed by atoms with E-state index in [-0.39, 0.29) is 11.8 Å². The van der Waals surface area contributed by atoms with E-state index >= 15 is 0 Å². The standard InChI is InChI=1S/C14H13FN6O/c1-3-22-13-10-12(20-14(16)21-13)18-6-9(19-10)8-4-7(2)11(15)17-5-8/h4-6H,3H2,1-2H3,(H2,16,18,20,21). The van der Waals surface area contributed by atoms with Crippen molar-refractivity contribution in [2.75, 3.05) is 12.3 Å². The number of pyridine rings is 1. The maximum atomic E-state index is 13.3. The summed E-state index contributed by atoms with van der Waals surface area (Å²) in [5.41, 5.74) is 7.96. The van der Waals surface area contributed by atoms with Crippen LogP contribution in [0.4, 0.5) is 10.3 Å². The van der Waals surface area contributed by atoms with E-state index in [9.17, 15) is 4.39 Å². The van der Waals surface area contributed by atoms with Gasteiger partial charge in [-0.2, -0.15) is 14.4 Å². The summed E-state index contributed by atoms with van der Waals surface area (Å²) in [7, 11) is 0. The zero-order valence-electron chi connectivity index (χ0n) is 12.0. The van der Waals surface area contributed by atoms with Crippen LogP contribution in [0.5, 0.6) is 5.88 Å². The van der Waals surface area contributed by atoms with Gasteiger partial charge in [-0.3, -0.25) is 0 Å². The molecule has 0 radical (unpaired) electrons. The molecule has 3 aromatic heterocycles. The molecule has 3 rings (SSSR count). The maximum absolute atomic E-state index is 13.3. The first-order valence-corrected chi connectivity index (χ1v) is 6.64. The lowest BCUT2D eigenvalue weighted by atomic mass is 10.1. The van der Waals surface area contributed by atoms with Gasteiger partial charge in [0.2, 0.25) is 17.8 Å². The van der Waals surface area contributed by atoms with Crippen molar-refractivity contribution in [2.24, 2.45) is 0 Å². The first kappa shape index (κ1) is 14.1. The number of aromatic nitrogens is 5. The zero-order chi connectivity index (χ0) is 15.7. The van der Waals surface area contributed by atoms with Crippen LogP contribution < -0.4 is 10.5 Å². The molecule has 0 aromatic carbocycles. The summed E-state index contributed by atoms with van der Waals surface area (Å²) >= 11 is 0. The van der Waals surface area contributed by atoms with Gasteiger partial charge in [-0.25, -0.2) is 15.0 Å². The number of aryl methyl sites for hydroxylation is 1. The number of fused-ring (bicyclic) bond motifs is 1. The molecule has 22 heavy (non-hydrogen) atoms. The molecule has 0 saturated carbocycles. The molecule has 0 bridgehead atoms. The maximum Gasteiger partial charge on any atom is 0.247 e. The summed E-state index contributed by atoms with van der Waals surface area (Å²) in [5, 5.41) is 0. The van der Waals surface area contributed by atoms with Crippen LogP contribution in [0.3, 0.4) is 0 Å². The molecule has 0 spiro atoms. The summed E-state index contributed by atoms with van der Waals surface area (Å²) in [6, 6.07) is 1.65. The van der Waals surface area contributed by atoms with Crippen LogP contribution in [0, 0.1) is 12.9 Å². The molecule has 112 valence electrons. The smallest absolute Gasteiger partial charge is 0.247 e. The van der Waals surface area contributed by atoms with E-state index in [1.54, 1.807) is 13.0 Å². The number of hydrogen-bond donors (Lipinski definition) is 1. The van der Waals surface area contributed by atoms with Gasteiger partial charge in [0.1, 0.15) is 0 Å². The largest absolute Gasteiger partial charge is 0.476 e. The summed E-state index contributed by atoms with van der Waals surface area (Å²) in [4.78, 5) is 20.4. The molecule has 3 aromatic rings. The van der Waals surface area contributed by atoms with Crippen LogP contribution >= 0.6 is 0 Å². The number of ether oxygens (including phenoxy) is 1. The minimum absolute atomic E-state index is 0.0669. The predicted octanol–water partition coefficient (Wildman–Crippen LogP) is 1.91. The normalized spacial score (nSPS) is 10.9. The van der Waals surface area contributed by atoms with Crippen molar-refractivity contribution in [2.45, 2.75) is 13.8 Å². The van der Waals surface area contributed by atoms with Crippen LogP contribution in [0.15, 0.2) is 18.5 Å². The quantitative estimate of drug-likeness (QED) is 0.737. The van der Waals surface area contributed by atoms with Gasteiger partial charge in [-0.05, 0) is 19.9 Å². The fourth-order valence-electron chi connectivity index (χ4n) is 1.97. The minimum atomic E-state index is -0.511. The Hall–Kier alpha value is -2.90. The van der Waals surface area contributed by atoms with Crippen LogP contribution in [0.2, 0.25) is 0 Å². The molecule has 2 N–H and O–H groups in total. The number of halogens is 1. The molecule has 0 amide bonds. The second kappa shape index (κ2) is 5.47. The summed E-state index contributed by atoms with van der Waals surface area (Å²) < 4.78 is 18.7. The van der Waals surface area contributed by atoms with Gasteiger partial charge in [0, 0.05) is 17.3 Å². The molecule has 0 unspecified atom stereocenters. The lowest BCUT2D eigenvalue weighted by molar-refractivity contribution is 0.330. The number of rotatable bonds is 3. The Morgan fingerprint density at radius 2 is 2.00 bits per heavy atom. The van der Waals surface area contributed by atoms with Gasteiger partial charge in [0.05, 0.1) is 18.5 Å². The Labute approximate surface area is 125 Å². The van der Waals surface area contributed by atoms with E-state index in [1.807, 2.05) is 6.92 Å². The lowest BCUT2D eigenvalue weighted by Gasteiger charge is -2.07.